The lowest BCUT2D eigenvalue weighted by Gasteiger charge is -2.41. The van der Waals surface area contributed by atoms with Gasteiger partial charge < -0.3 is 101 Å². The van der Waals surface area contributed by atoms with Gasteiger partial charge in [0.05, 0.1) is 76.2 Å². The largest absolute Gasteiger partial charge is 0.434 e. The minimum absolute atomic E-state index is 0.0135. The van der Waals surface area contributed by atoms with Crippen molar-refractivity contribution in [2.45, 2.75) is 187 Å². The summed E-state index contributed by atoms with van der Waals surface area (Å²) < 4.78 is 220. The third-order valence-corrected chi connectivity index (χ3v) is 32.8. The van der Waals surface area contributed by atoms with Gasteiger partial charge in [0.15, 0.2) is 57.6 Å². The standard InChI is InChI=1S/C18H20F3N7S.4C18H21F3N6OS/c19-18(20,21)13-11(2-1-6-24-13)29-15-14(22)27-12(10-26-15)28-8-4-17(5-9-28)3-7-25-16(17)23;19-18(20,21)14-11(2-1-6-24-14)29-16-15(23)26-13(10-25-16)27-7-4-17(5-8-27)12(22)3-9-28-17;3*19-18(20,21)14-11(2-1-5-24-14)29-16-15(23)26-13(8-25-16)27-6-3-17(4-7-27)10-28-9-12(17)22/h1-2,6,10H,3-5,7-9H2,(H2,22,27)(H2,23,25);1-2,6,10,12H,3-5,7-9,22H2,(H2,23,26);3*1-2,5,8,12H,3-4,6-7,9-10,22H2,(H2,23,26)/t;;2*12-;/m..10./s1. The number of rotatable bonds is 15. The molecule has 145 heavy (non-hydrogen) atoms. The van der Waals surface area contributed by atoms with E-state index in [1.54, 1.807) is 24.8 Å². The van der Waals surface area contributed by atoms with Gasteiger partial charge in [-0.05, 0) is 138 Å². The van der Waals surface area contributed by atoms with Gasteiger partial charge in [0.2, 0.25) is 0 Å². The van der Waals surface area contributed by atoms with Crippen LogP contribution in [0.1, 0.15) is 106 Å². The zero-order chi connectivity index (χ0) is 103. The molecule has 9 fully saturated rings. The van der Waals surface area contributed by atoms with E-state index in [1.807, 2.05) is 4.90 Å². The van der Waals surface area contributed by atoms with E-state index in [1.165, 1.54) is 66.9 Å². The van der Waals surface area contributed by atoms with Gasteiger partial charge in [0, 0.05) is 180 Å². The summed E-state index contributed by atoms with van der Waals surface area (Å²) >= 11 is 4.03. The molecule has 20 N–H and O–H groups in total. The highest BCUT2D eigenvalue weighted by atomic mass is 32.2. The molecule has 2 unspecified atom stereocenters. The Labute approximate surface area is 842 Å². The first-order valence-electron chi connectivity index (χ1n) is 46.0. The van der Waals surface area contributed by atoms with Crippen molar-refractivity contribution in [2.75, 3.05) is 171 Å². The molecule has 0 bridgehead atoms. The number of pyridine rings is 5. The molecule has 0 radical (unpaired) electrons. The van der Waals surface area contributed by atoms with Gasteiger partial charge in [-0.15, -0.1) is 0 Å². The topological polar surface area (TPSA) is 519 Å². The van der Waals surface area contributed by atoms with Crippen LogP contribution in [-0.2, 0) is 49.8 Å². The predicted molar refractivity (Wildman–Crippen MR) is 515 cm³/mol. The number of piperidine rings is 5. The van der Waals surface area contributed by atoms with E-state index < -0.39 is 59.4 Å². The molecule has 20 rings (SSSR count). The first-order chi connectivity index (χ1) is 68.9. The number of hydrogen-bond donors (Lipinski definition) is 10. The van der Waals surface area contributed by atoms with E-state index in [2.05, 4.69) is 99.4 Å². The molecule has 10 aromatic heterocycles. The third-order valence-electron chi connectivity index (χ3n) is 27.5. The maximum Gasteiger partial charge on any atom is 0.434 e. The second-order valence-corrected chi connectivity index (χ2v) is 41.5. The summed E-state index contributed by atoms with van der Waals surface area (Å²) in [6, 6.07) is 14.1. The number of ether oxygens (including phenoxy) is 4. The lowest BCUT2D eigenvalue weighted by Crippen LogP contribution is -2.53. The maximum atomic E-state index is 13.1. The molecule has 10 aliphatic heterocycles. The fourth-order valence-electron chi connectivity index (χ4n) is 18.9. The van der Waals surface area contributed by atoms with Crippen LogP contribution in [0.15, 0.2) is 177 Å². The number of anilines is 10. The molecule has 20 heterocycles. The van der Waals surface area contributed by atoms with E-state index in [-0.39, 0.29) is 130 Å². The molecule has 5 spiro atoms. The minimum Gasteiger partial charge on any atom is -0.387 e. The summed E-state index contributed by atoms with van der Waals surface area (Å²) in [5.41, 5.74) is 55.9. The van der Waals surface area contributed by atoms with Crippen molar-refractivity contribution < 1.29 is 84.8 Å². The zero-order valence-electron chi connectivity index (χ0n) is 77.6. The number of aromatic nitrogens is 15. The molecule has 35 nitrogen and oxygen atoms in total. The summed E-state index contributed by atoms with van der Waals surface area (Å²) in [4.78, 5) is 74.7. The monoisotopic (exact) mass is 2130 g/mol. The summed E-state index contributed by atoms with van der Waals surface area (Å²) in [7, 11) is 0. The number of nitrogen functional groups attached to an aromatic ring is 5. The average molecular weight is 2130 g/mol. The van der Waals surface area contributed by atoms with Crippen molar-refractivity contribution in [3.63, 3.8) is 0 Å². The van der Waals surface area contributed by atoms with Crippen LogP contribution in [0.5, 0.6) is 0 Å². The Bertz CT molecular complexity index is 5610. The summed E-state index contributed by atoms with van der Waals surface area (Å²) in [6.45, 7) is 12.7. The second kappa shape index (κ2) is 44.2. The Morgan fingerprint density at radius 3 is 0.731 bits per heavy atom. The van der Waals surface area contributed by atoms with Gasteiger partial charge in [-0.3, -0.25) is 29.9 Å². The van der Waals surface area contributed by atoms with E-state index in [0.29, 0.717) is 88.4 Å². The summed E-state index contributed by atoms with van der Waals surface area (Å²) in [6.07, 6.45) is 0.976. The van der Waals surface area contributed by atoms with Crippen molar-refractivity contribution in [2.24, 2.45) is 55.3 Å². The molecule has 778 valence electrons. The molecular formula is C90H104F15N31O4S5. The lowest BCUT2D eigenvalue weighted by molar-refractivity contribution is -0.144. The number of aliphatic imine (C=N–C) groups is 1. The van der Waals surface area contributed by atoms with Crippen molar-refractivity contribution in [1.29, 1.82) is 0 Å². The molecule has 55 heteroatoms. The van der Waals surface area contributed by atoms with Crippen LogP contribution in [0.3, 0.4) is 0 Å². The summed E-state index contributed by atoms with van der Waals surface area (Å²) in [5, 5.41) is 1.07. The Morgan fingerprint density at radius 2 is 0.538 bits per heavy atom. The highest BCUT2D eigenvalue weighted by Gasteiger charge is 2.51. The van der Waals surface area contributed by atoms with Gasteiger partial charge >= 0.3 is 30.9 Å². The third kappa shape index (κ3) is 24.7. The smallest absolute Gasteiger partial charge is 0.387 e. The molecule has 10 aliphatic rings. The molecule has 0 aromatic carbocycles. The molecule has 0 saturated carbocycles. The van der Waals surface area contributed by atoms with Gasteiger partial charge in [-0.2, -0.15) is 65.9 Å². The number of amidine groups is 1. The van der Waals surface area contributed by atoms with Crippen molar-refractivity contribution in [3.8, 4) is 0 Å². The molecule has 9 saturated heterocycles. The SMILES string of the molecule is NC1=NCCC12CCN(c1cnc(Sc3cccnc3C(F)(F)F)c(N)n1)CC2.Nc1nc(N2CCC3(CC2)COCC3N)cnc1Sc1cccnc1C(F)(F)F.Nc1nc(N2CCC3(CC2)COC[C@@H]3N)cnc1Sc1cccnc1C(F)(F)F.Nc1nc(N2CCC3(CC2)COC[C@H]3N)cnc1Sc1cccnc1C(F)(F)F.Nc1nc(N2CCC3(CC2)OCCC3N)cnc1Sc1cccnc1C(F)(F)F. The lowest BCUT2D eigenvalue weighted by atomic mass is 9.75. The van der Waals surface area contributed by atoms with E-state index in [9.17, 15) is 65.9 Å². The van der Waals surface area contributed by atoms with Gasteiger partial charge in [-0.1, -0.05) is 58.8 Å². The fraction of sp³-hybridized carbons (Fsp3) is 0.489. The highest BCUT2D eigenvalue weighted by molar-refractivity contribution is 8.00. The number of nitrogens with zero attached hydrogens (tertiary/aromatic N) is 21. The number of nitrogens with two attached hydrogens (primary N) is 10. The van der Waals surface area contributed by atoms with E-state index >= 15 is 0 Å². The Kier molecular flexibility index (Phi) is 32.5. The number of halogens is 15. The van der Waals surface area contributed by atoms with Crippen LogP contribution in [0, 0.1) is 21.7 Å². The first kappa shape index (κ1) is 107. The van der Waals surface area contributed by atoms with Crippen LogP contribution >= 0.6 is 58.8 Å². The Hall–Kier alpha value is -11.0. The zero-order valence-corrected chi connectivity index (χ0v) is 81.7. The predicted octanol–water partition coefficient (Wildman–Crippen LogP) is 13.4. The molecule has 0 amide bonds. The quantitative estimate of drug-likeness (QED) is 0.0426. The number of hydrogen-bond acceptors (Lipinski definition) is 40. The maximum absolute atomic E-state index is 13.1. The highest BCUT2D eigenvalue weighted by Crippen LogP contribution is 2.50. The average Bonchev–Trinajstić information content (AvgIpc) is 1.74. The fourth-order valence-corrected chi connectivity index (χ4v) is 23.2. The molecule has 0 aliphatic carbocycles. The Balaban J connectivity index is 0.000000130. The Morgan fingerprint density at radius 1 is 0.303 bits per heavy atom. The number of alkyl halides is 15. The molecule has 4 atom stereocenters. The molecular weight excluding hydrogens is 2020 g/mol. The second-order valence-electron chi connectivity index (χ2n) is 36.3. The van der Waals surface area contributed by atoms with Crippen molar-refractivity contribution in [3.05, 3.63) is 151 Å². The van der Waals surface area contributed by atoms with E-state index in [0.717, 1.165) is 232 Å². The van der Waals surface area contributed by atoms with E-state index in [4.69, 9.17) is 76.3 Å². The first-order valence-corrected chi connectivity index (χ1v) is 50.1. The van der Waals surface area contributed by atoms with Crippen LogP contribution < -0.4 is 81.8 Å². The van der Waals surface area contributed by atoms with Crippen molar-refractivity contribution >= 4 is 123 Å². The summed E-state index contributed by atoms with van der Waals surface area (Å²) in [5.74, 6) is 4.20. The normalized spacial score (nSPS) is 21.1. The van der Waals surface area contributed by atoms with Crippen LogP contribution in [0.25, 0.3) is 0 Å². The van der Waals surface area contributed by atoms with Crippen LogP contribution in [0.2, 0.25) is 0 Å². The van der Waals surface area contributed by atoms with Crippen molar-refractivity contribution in [1.82, 2.24) is 74.8 Å². The van der Waals surface area contributed by atoms with Gasteiger partial charge in [0.1, 0.15) is 60.1 Å². The van der Waals surface area contributed by atoms with Gasteiger partial charge in [0.25, 0.3) is 0 Å². The minimum atomic E-state index is -4.56. The van der Waals surface area contributed by atoms with Gasteiger partial charge in [-0.25, -0.2) is 49.8 Å². The van der Waals surface area contributed by atoms with Crippen LogP contribution in [-0.4, -0.2) is 229 Å². The molecule has 10 aromatic rings. The van der Waals surface area contributed by atoms with Crippen LogP contribution in [0.4, 0.5) is 124 Å².